The Morgan fingerprint density at radius 2 is 1.61 bits per heavy atom. The molecule has 0 aliphatic rings. The molecular formula is C18H18ClFN2O6. The van der Waals surface area contributed by atoms with Gasteiger partial charge in [0.15, 0.2) is 18.1 Å². The van der Waals surface area contributed by atoms with Gasteiger partial charge in [0.25, 0.3) is 11.8 Å². The van der Waals surface area contributed by atoms with Crippen LogP contribution in [0.3, 0.4) is 0 Å². The number of hydrazine groups is 1. The van der Waals surface area contributed by atoms with E-state index in [-0.39, 0.29) is 27.8 Å². The Morgan fingerprint density at radius 1 is 0.964 bits per heavy atom. The van der Waals surface area contributed by atoms with E-state index in [1.165, 1.54) is 39.5 Å². The van der Waals surface area contributed by atoms with E-state index in [1.807, 2.05) is 0 Å². The highest BCUT2D eigenvalue weighted by atomic mass is 35.5. The minimum Gasteiger partial charge on any atom is -0.493 e. The summed E-state index contributed by atoms with van der Waals surface area (Å²) in [4.78, 5) is 24.1. The van der Waals surface area contributed by atoms with E-state index in [4.69, 9.17) is 30.5 Å². The van der Waals surface area contributed by atoms with Crippen molar-refractivity contribution in [3.63, 3.8) is 0 Å². The Balaban J connectivity index is 1.96. The molecule has 28 heavy (non-hydrogen) atoms. The molecule has 10 heteroatoms. The molecule has 150 valence electrons. The average Bonchev–Trinajstić information content (AvgIpc) is 2.69. The molecule has 2 amide bonds. The molecule has 0 atom stereocenters. The van der Waals surface area contributed by atoms with Crippen molar-refractivity contribution in [1.82, 2.24) is 10.9 Å². The van der Waals surface area contributed by atoms with Crippen LogP contribution in [-0.2, 0) is 4.79 Å². The third kappa shape index (κ3) is 5.17. The van der Waals surface area contributed by atoms with Crippen molar-refractivity contribution < 1.29 is 32.9 Å². The lowest BCUT2D eigenvalue weighted by Gasteiger charge is -2.14. The maximum atomic E-state index is 13.0. The molecule has 0 spiro atoms. The number of nitrogens with one attached hydrogen (secondary N) is 2. The Labute approximate surface area is 165 Å². The van der Waals surface area contributed by atoms with Gasteiger partial charge in [0.2, 0.25) is 5.75 Å². The fourth-order valence-corrected chi connectivity index (χ4v) is 2.40. The Morgan fingerprint density at radius 3 is 2.14 bits per heavy atom. The molecule has 2 aromatic carbocycles. The van der Waals surface area contributed by atoms with Crippen LogP contribution >= 0.6 is 11.6 Å². The van der Waals surface area contributed by atoms with Gasteiger partial charge < -0.3 is 18.9 Å². The maximum absolute atomic E-state index is 13.0. The SMILES string of the molecule is COc1cc(C(=O)NNC(=O)COc2ccc(F)cc2Cl)cc(OC)c1OC. The summed E-state index contributed by atoms with van der Waals surface area (Å²) in [5.41, 5.74) is 4.59. The van der Waals surface area contributed by atoms with Gasteiger partial charge in [-0.25, -0.2) is 4.39 Å². The highest BCUT2D eigenvalue weighted by Gasteiger charge is 2.17. The van der Waals surface area contributed by atoms with E-state index >= 15 is 0 Å². The van der Waals surface area contributed by atoms with Crippen LogP contribution in [0.2, 0.25) is 5.02 Å². The van der Waals surface area contributed by atoms with Crippen LogP contribution in [0, 0.1) is 5.82 Å². The molecule has 0 unspecified atom stereocenters. The topological polar surface area (TPSA) is 95.1 Å². The van der Waals surface area contributed by atoms with Gasteiger partial charge in [-0.3, -0.25) is 20.4 Å². The number of ether oxygens (including phenoxy) is 4. The van der Waals surface area contributed by atoms with Crippen molar-refractivity contribution in [2.24, 2.45) is 0 Å². The van der Waals surface area contributed by atoms with Crippen LogP contribution in [0.4, 0.5) is 4.39 Å². The van der Waals surface area contributed by atoms with E-state index in [1.54, 1.807) is 0 Å². The standard InChI is InChI=1S/C18H18ClFN2O6/c1-25-14-6-10(7-15(26-2)17(14)27-3)18(24)22-21-16(23)9-28-13-5-4-11(20)8-12(13)19/h4-8H,9H2,1-3H3,(H,21,23)(H,22,24). The third-order valence-electron chi connectivity index (χ3n) is 3.50. The average molecular weight is 413 g/mol. The lowest BCUT2D eigenvalue weighted by Crippen LogP contribution is -2.43. The molecule has 0 radical (unpaired) electrons. The van der Waals surface area contributed by atoms with Crippen LogP contribution in [0.25, 0.3) is 0 Å². The Hall–Kier alpha value is -3.20. The van der Waals surface area contributed by atoms with Gasteiger partial charge in [-0.15, -0.1) is 0 Å². The van der Waals surface area contributed by atoms with Crippen molar-refractivity contribution >= 4 is 23.4 Å². The maximum Gasteiger partial charge on any atom is 0.276 e. The summed E-state index contributed by atoms with van der Waals surface area (Å²) in [5.74, 6) is -0.766. The minimum absolute atomic E-state index is 0.0225. The van der Waals surface area contributed by atoms with E-state index < -0.39 is 24.2 Å². The first-order valence-electron chi connectivity index (χ1n) is 7.86. The fraction of sp³-hybridized carbons (Fsp3) is 0.222. The van der Waals surface area contributed by atoms with Crippen molar-refractivity contribution in [3.05, 3.63) is 46.7 Å². The lowest BCUT2D eigenvalue weighted by atomic mass is 10.1. The highest BCUT2D eigenvalue weighted by Crippen LogP contribution is 2.38. The van der Waals surface area contributed by atoms with Crippen molar-refractivity contribution in [2.45, 2.75) is 0 Å². The van der Waals surface area contributed by atoms with E-state index in [9.17, 15) is 14.0 Å². The summed E-state index contributed by atoms with van der Waals surface area (Å²) in [7, 11) is 4.27. The van der Waals surface area contributed by atoms with Crippen LogP contribution in [0.15, 0.2) is 30.3 Å². The fourth-order valence-electron chi connectivity index (χ4n) is 2.18. The number of hydrogen-bond donors (Lipinski definition) is 2. The summed E-state index contributed by atoms with van der Waals surface area (Å²) in [6.07, 6.45) is 0. The predicted octanol–water partition coefficient (Wildman–Crippen LogP) is 2.34. The monoisotopic (exact) mass is 412 g/mol. The smallest absolute Gasteiger partial charge is 0.276 e. The summed E-state index contributed by atoms with van der Waals surface area (Å²) in [5, 5.41) is 0.0225. The second-order valence-electron chi connectivity index (χ2n) is 5.28. The molecule has 0 aliphatic carbocycles. The number of benzene rings is 2. The number of carbonyl (C=O) groups excluding carboxylic acids is 2. The van der Waals surface area contributed by atoms with Crippen LogP contribution in [0.1, 0.15) is 10.4 Å². The molecule has 0 fully saturated rings. The zero-order valence-electron chi connectivity index (χ0n) is 15.3. The molecule has 2 N–H and O–H groups in total. The molecule has 0 saturated heterocycles. The van der Waals surface area contributed by atoms with Crippen molar-refractivity contribution in [2.75, 3.05) is 27.9 Å². The number of halogens is 2. The highest BCUT2D eigenvalue weighted by molar-refractivity contribution is 6.32. The molecular weight excluding hydrogens is 395 g/mol. The van der Waals surface area contributed by atoms with Gasteiger partial charge in [0.05, 0.1) is 26.4 Å². The molecule has 0 aliphatic heterocycles. The van der Waals surface area contributed by atoms with Crippen molar-refractivity contribution in [1.29, 1.82) is 0 Å². The Kier molecular flexibility index (Phi) is 7.28. The van der Waals surface area contributed by atoms with Gasteiger partial charge in [-0.1, -0.05) is 11.6 Å². The number of rotatable bonds is 7. The van der Waals surface area contributed by atoms with E-state index in [0.29, 0.717) is 5.75 Å². The van der Waals surface area contributed by atoms with E-state index in [0.717, 1.165) is 12.1 Å². The van der Waals surface area contributed by atoms with Gasteiger partial charge in [-0.2, -0.15) is 0 Å². The summed E-state index contributed by atoms with van der Waals surface area (Å²) < 4.78 is 33.7. The van der Waals surface area contributed by atoms with Crippen LogP contribution in [-0.4, -0.2) is 39.8 Å². The first-order chi connectivity index (χ1) is 13.4. The molecule has 0 saturated carbocycles. The number of carbonyl (C=O) groups is 2. The predicted molar refractivity (Wildman–Crippen MR) is 98.6 cm³/mol. The lowest BCUT2D eigenvalue weighted by molar-refractivity contribution is -0.123. The molecule has 0 bridgehead atoms. The van der Waals surface area contributed by atoms with Crippen LogP contribution < -0.4 is 29.8 Å². The van der Waals surface area contributed by atoms with Gasteiger partial charge in [0.1, 0.15) is 11.6 Å². The molecule has 0 heterocycles. The molecule has 0 aromatic heterocycles. The zero-order valence-corrected chi connectivity index (χ0v) is 16.1. The quantitative estimate of drug-likeness (QED) is 0.678. The summed E-state index contributed by atoms with van der Waals surface area (Å²) >= 11 is 5.80. The number of methoxy groups -OCH3 is 3. The number of amides is 2. The molecule has 2 rings (SSSR count). The number of hydrogen-bond acceptors (Lipinski definition) is 6. The largest absolute Gasteiger partial charge is 0.493 e. The first kappa shape index (κ1) is 21.1. The first-order valence-corrected chi connectivity index (χ1v) is 8.24. The second kappa shape index (κ2) is 9.65. The molecule has 2 aromatic rings. The van der Waals surface area contributed by atoms with Crippen molar-refractivity contribution in [3.8, 4) is 23.0 Å². The van der Waals surface area contributed by atoms with Gasteiger partial charge in [-0.05, 0) is 30.3 Å². The zero-order chi connectivity index (χ0) is 20.7. The third-order valence-corrected chi connectivity index (χ3v) is 3.79. The summed E-state index contributed by atoms with van der Waals surface area (Å²) in [6, 6.07) is 6.35. The van der Waals surface area contributed by atoms with Crippen LogP contribution in [0.5, 0.6) is 23.0 Å². The second-order valence-corrected chi connectivity index (χ2v) is 5.69. The molecule has 8 nitrogen and oxygen atoms in total. The normalized spacial score (nSPS) is 10.0. The van der Waals surface area contributed by atoms with Gasteiger partial charge in [0, 0.05) is 5.56 Å². The van der Waals surface area contributed by atoms with E-state index in [2.05, 4.69) is 10.9 Å². The van der Waals surface area contributed by atoms with Gasteiger partial charge >= 0.3 is 0 Å². The minimum atomic E-state index is -0.652. The Bertz CT molecular complexity index is 852. The summed E-state index contributed by atoms with van der Waals surface area (Å²) in [6.45, 7) is -0.444.